The van der Waals surface area contributed by atoms with E-state index in [0.717, 1.165) is 36.0 Å². The molecule has 0 spiro atoms. The number of aliphatic hydroxyl groups excluding tert-OH is 1. The maximum atomic E-state index is 12.1. The lowest BCUT2D eigenvalue weighted by Gasteiger charge is -2.28. The fourth-order valence-electron chi connectivity index (χ4n) is 2.05. The van der Waals surface area contributed by atoms with Gasteiger partial charge in [0, 0.05) is 23.1 Å². The van der Waals surface area contributed by atoms with Crippen molar-refractivity contribution in [2.45, 2.75) is 18.9 Å². The van der Waals surface area contributed by atoms with Crippen molar-refractivity contribution in [3.05, 3.63) is 34.3 Å². The summed E-state index contributed by atoms with van der Waals surface area (Å²) in [7, 11) is 0. The highest BCUT2D eigenvalue weighted by Gasteiger charge is 2.20. The van der Waals surface area contributed by atoms with Crippen LogP contribution in [0.3, 0.4) is 0 Å². The van der Waals surface area contributed by atoms with E-state index in [4.69, 9.17) is 0 Å². The number of Topliss-reactive ketones (excluding diaryl/α,β-unsaturated/α-hetero) is 1. The highest BCUT2D eigenvalue weighted by atomic mass is 79.9. The number of aliphatic hydroxyl groups is 1. The summed E-state index contributed by atoms with van der Waals surface area (Å²) in [6, 6.07) is 7.49. The van der Waals surface area contributed by atoms with Crippen molar-refractivity contribution >= 4 is 21.7 Å². The second-order valence-electron chi connectivity index (χ2n) is 4.41. The molecule has 4 heteroatoms. The van der Waals surface area contributed by atoms with Crippen LogP contribution >= 0.6 is 15.9 Å². The predicted molar refractivity (Wildman–Crippen MR) is 70.2 cm³/mol. The van der Waals surface area contributed by atoms with Crippen molar-refractivity contribution in [1.29, 1.82) is 0 Å². The number of rotatable bonds is 3. The summed E-state index contributed by atoms with van der Waals surface area (Å²) in [5.41, 5.74) is 0.735. The van der Waals surface area contributed by atoms with Crippen molar-refractivity contribution in [2.24, 2.45) is 0 Å². The molecule has 1 aromatic carbocycles. The Morgan fingerprint density at radius 1 is 1.35 bits per heavy atom. The van der Waals surface area contributed by atoms with E-state index in [1.165, 1.54) is 0 Å². The minimum Gasteiger partial charge on any atom is -0.393 e. The van der Waals surface area contributed by atoms with Gasteiger partial charge in [-0.05, 0) is 18.9 Å². The molecule has 17 heavy (non-hydrogen) atoms. The van der Waals surface area contributed by atoms with Crippen LogP contribution in [0.25, 0.3) is 0 Å². The Hall–Kier alpha value is -0.710. The standard InChI is InChI=1S/C13H16BrNO2/c14-12-4-2-1-3-11(12)13(17)9-15-7-5-10(16)6-8-15/h1-4,10,16H,5-9H2. The number of carbonyl (C=O) groups is 1. The monoisotopic (exact) mass is 297 g/mol. The van der Waals surface area contributed by atoms with Gasteiger partial charge in [0.1, 0.15) is 0 Å². The molecule has 1 aliphatic heterocycles. The van der Waals surface area contributed by atoms with Gasteiger partial charge in [0.25, 0.3) is 0 Å². The summed E-state index contributed by atoms with van der Waals surface area (Å²) in [5.74, 6) is 0.133. The van der Waals surface area contributed by atoms with Crippen LogP contribution in [-0.2, 0) is 0 Å². The maximum absolute atomic E-state index is 12.1. The molecule has 0 aromatic heterocycles. The summed E-state index contributed by atoms with van der Waals surface area (Å²) in [6.07, 6.45) is 1.34. The first-order valence-electron chi connectivity index (χ1n) is 5.85. The van der Waals surface area contributed by atoms with E-state index in [1.54, 1.807) is 0 Å². The molecule has 0 saturated carbocycles. The summed E-state index contributed by atoms with van der Waals surface area (Å²) in [5, 5.41) is 9.40. The number of nitrogens with zero attached hydrogens (tertiary/aromatic N) is 1. The van der Waals surface area contributed by atoms with E-state index >= 15 is 0 Å². The number of likely N-dealkylation sites (tertiary alicyclic amines) is 1. The third kappa shape index (κ3) is 3.37. The molecular weight excluding hydrogens is 282 g/mol. The van der Waals surface area contributed by atoms with Crippen molar-refractivity contribution < 1.29 is 9.90 Å². The van der Waals surface area contributed by atoms with E-state index in [1.807, 2.05) is 24.3 Å². The first-order valence-corrected chi connectivity index (χ1v) is 6.64. The van der Waals surface area contributed by atoms with Gasteiger partial charge in [0.05, 0.1) is 12.6 Å². The Labute approximate surface area is 110 Å². The van der Waals surface area contributed by atoms with Crippen LogP contribution in [0, 0.1) is 0 Å². The van der Waals surface area contributed by atoms with Crippen LogP contribution in [0.1, 0.15) is 23.2 Å². The van der Waals surface area contributed by atoms with Crippen molar-refractivity contribution in [1.82, 2.24) is 4.90 Å². The first kappa shape index (κ1) is 12.7. The molecule has 0 radical (unpaired) electrons. The molecule has 2 rings (SSSR count). The van der Waals surface area contributed by atoms with Crippen LogP contribution in [0.4, 0.5) is 0 Å². The average Bonchev–Trinajstić information content (AvgIpc) is 2.32. The molecule has 0 bridgehead atoms. The summed E-state index contributed by atoms with van der Waals surface area (Å²) in [6.45, 7) is 2.05. The van der Waals surface area contributed by atoms with E-state index < -0.39 is 0 Å². The van der Waals surface area contributed by atoms with E-state index in [2.05, 4.69) is 20.8 Å². The molecule has 1 fully saturated rings. The van der Waals surface area contributed by atoms with E-state index in [0.29, 0.717) is 6.54 Å². The van der Waals surface area contributed by atoms with Crippen molar-refractivity contribution in [3.8, 4) is 0 Å². The molecule has 1 heterocycles. The predicted octanol–water partition coefficient (Wildman–Crippen LogP) is 2.09. The molecule has 0 unspecified atom stereocenters. The normalized spacial score (nSPS) is 18.2. The Morgan fingerprint density at radius 3 is 2.65 bits per heavy atom. The lowest BCUT2D eigenvalue weighted by atomic mass is 10.1. The van der Waals surface area contributed by atoms with Crippen molar-refractivity contribution in [3.63, 3.8) is 0 Å². The topological polar surface area (TPSA) is 40.5 Å². The molecule has 1 aliphatic rings. The smallest absolute Gasteiger partial charge is 0.177 e. The molecule has 0 aliphatic carbocycles. The van der Waals surface area contributed by atoms with Crippen LogP contribution in [0.2, 0.25) is 0 Å². The summed E-state index contributed by atoms with van der Waals surface area (Å²) >= 11 is 3.39. The van der Waals surface area contributed by atoms with Gasteiger partial charge in [-0.2, -0.15) is 0 Å². The number of halogens is 1. The lowest BCUT2D eigenvalue weighted by molar-refractivity contribution is 0.0710. The molecule has 0 amide bonds. The van der Waals surface area contributed by atoms with Crippen LogP contribution < -0.4 is 0 Å². The van der Waals surface area contributed by atoms with Gasteiger partial charge in [-0.15, -0.1) is 0 Å². The minimum absolute atomic E-state index is 0.133. The Balaban J connectivity index is 1.96. The fourth-order valence-corrected chi connectivity index (χ4v) is 2.56. The van der Waals surface area contributed by atoms with Gasteiger partial charge >= 0.3 is 0 Å². The van der Waals surface area contributed by atoms with Gasteiger partial charge in [0.2, 0.25) is 0 Å². The third-order valence-electron chi connectivity index (χ3n) is 3.10. The minimum atomic E-state index is -0.190. The van der Waals surface area contributed by atoms with Gasteiger partial charge in [-0.25, -0.2) is 0 Å². The first-order chi connectivity index (χ1) is 8.16. The number of ketones is 1. The second kappa shape index (κ2) is 5.76. The molecule has 1 N–H and O–H groups in total. The molecule has 1 saturated heterocycles. The van der Waals surface area contributed by atoms with E-state index in [9.17, 15) is 9.90 Å². The maximum Gasteiger partial charge on any atom is 0.177 e. The number of benzene rings is 1. The van der Waals surface area contributed by atoms with Gasteiger partial charge in [-0.1, -0.05) is 34.1 Å². The zero-order valence-corrected chi connectivity index (χ0v) is 11.2. The molecule has 92 valence electrons. The largest absolute Gasteiger partial charge is 0.393 e. The number of piperidine rings is 1. The number of hydrogen-bond donors (Lipinski definition) is 1. The van der Waals surface area contributed by atoms with Crippen LogP contribution in [0.5, 0.6) is 0 Å². The highest BCUT2D eigenvalue weighted by molar-refractivity contribution is 9.10. The SMILES string of the molecule is O=C(CN1CCC(O)CC1)c1ccccc1Br. The molecular formula is C13H16BrNO2. The van der Waals surface area contributed by atoms with E-state index in [-0.39, 0.29) is 11.9 Å². The number of carbonyl (C=O) groups excluding carboxylic acids is 1. The lowest BCUT2D eigenvalue weighted by Crippen LogP contribution is -2.39. The van der Waals surface area contributed by atoms with Crippen LogP contribution in [0.15, 0.2) is 28.7 Å². The summed E-state index contributed by atoms with van der Waals surface area (Å²) in [4.78, 5) is 14.2. The Morgan fingerprint density at radius 2 is 2.00 bits per heavy atom. The second-order valence-corrected chi connectivity index (χ2v) is 5.26. The molecule has 3 nitrogen and oxygen atoms in total. The zero-order chi connectivity index (χ0) is 12.3. The van der Waals surface area contributed by atoms with Crippen molar-refractivity contribution in [2.75, 3.05) is 19.6 Å². The molecule has 1 aromatic rings. The molecule has 0 atom stereocenters. The Kier molecular flexibility index (Phi) is 4.31. The Bertz CT molecular complexity index is 400. The fraction of sp³-hybridized carbons (Fsp3) is 0.462. The van der Waals surface area contributed by atoms with Gasteiger partial charge < -0.3 is 5.11 Å². The van der Waals surface area contributed by atoms with Crippen LogP contribution in [-0.4, -0.2) is 41.5 Å². The zero-order valence-electron chi connectivity index (χ0n) is 9.60. The van der Waals surface area contributed by atoms with Gasteiger partial charge in [0.15, 0.2) is 5.78 Å². The quantitative estimate of drug-likeness (QED) is 0.869. The number of hydrogen-bond acceptors (Lipinski definition) is 3. The highest BCUT2D eigenvalue weighted by Crippen LogP contribution is 2.18. The summed E-state index contributed by atoms with van der Waals surface area (Å²) < 4.78 is 0.849. The third-order valence-corrected chi connectivity index (χ3v) is 3.79. The average molecular weight is 298 g/mol. The van der Waals surface area contributed by atoms with Gasteiger partial charge in [-0.3, -0.25) is 9.69 Å².